The zero-order valence-corrected chi connectivity index (χ0v) is 22.8. The first kappa shape index (κ1) is 25.6. The van der Waals surface area contributed by atoms with Crippen LogP contribution in [-0.4, -0.2) is 50.3 Å². The minimum Gasteiger partial charge on any atom is -0.393 e. The molecular weight excluding hydrogens is 510 g/mol. The fourth-order valence-corrected chi connectivity index (χ4v) is 6.35. The lowest BCUT2D eigenvalue weighted by Crippen LogP contribution is -2.29. The van der Waals surface area contributed by atoms with Crippen molar-refractivity contribution in [3.8, 4) is 0 Å². The molecule has 34 heavy (non-hydrogen) atoms. The number of halogens is 1. The zero-order valence-electron chi connectivity index (χ0n) is 20.4. The normalized spacial score (nSPS) is 24.2. The molecule has 0 saturated heterocycles. The summed E-state index contributed by atoms with van der Waals surface area (Å²) in [4.78, 5) is 18.3. The molecular formula is C26H36BrN5OS. The summed E-state index contributed by atoms with van der Waals surface area (Å²) in [5, 5.41) is 14.5. The van der Waals surface area contributed by atoms with Gasteiger partial charge in [-0.05, 0) is 75.2 Å². The number of benzene rings is 1. The van der Waals surface area contributed by atoms with Gasteiger partial charge < -0.3 is 10.4 Å². The Bertz CT molecular complexity index is 1000. The van der Waals surface area contributed by atoms with Crippen molar-refractivity contribution in [1.29, 1.82) is 0 Å². The Labute approximate surface area is 216 Å². The molecule has 0 amide bonds. The van der Waals surface area contributed by atoms with Crippen molar-refractivity contribution in [1.82, 2.24) is 14.9 Å². The van der Waals surface area contributed by atoms with Crippen molar-refractivity contribution in [2.45, 2.75) is 88.8 Å². The Hall–Kier alpha value is -1.48. The van der Waals surface area contributed by atoms with Crippen molar-refractivity contribution in [3.05, 3.63) is 40.0 Å². The molecule has 1 saturated carbocycles. The number of thioether (sulfide) groups is 1. The maximum atomic E-state index is 9.86. The van der Waals surface area contributed by atoms with Crippen LogP contribution >= 0.6 is 27.7 Å². The first-order valence-electron chi connectivity index (χ1n) is 12.5. The average Bonchev–Trinajstić information content (AvgIpc) is 2.97. The van der Waals surface area contributed by atoms with E-state index in [1.165, 1.54) is 10.5 Å². The van der Waals surface area contributed by atoms with Gasteiger partial charge in [-0.25, -0.2) is 9.98 Å². The minimum absolute atomic E-state index is 0.174. The molecule has 0 bridgehead atoms. The van der Waals surface area contributed by atoms with E-state index in [0.717, 1.165) is 79.2 Å². The Morgan fingerprint density at radius 2 is 1.88 bits per heavy atom. The molecule has 1 aliphatic heterocycles. The highest BCUT2D eigenvalue weighted by atomic mass is 79.9. The highest BCUT2D eigenvalue weighted by molar-refractivity contribution is 9.10. The number of nitrogens with one attached hydrogen (secondary N) is 1. The summed E-state index contributed by atoms with van der Waals surface area (Å²) in [6.07, 6.45) is 5.38. The predicted octanol–water partition coefficient (Wildman–Crippen LogP) is 6.52. The maximum absolute atomic E-state index is 9.86. The summed E-state index contributed by atoms with van der Waals surface area (Å²) in [6, 6.07) is 8.90. The smallest absolute Gasteiger partial charge is 0.225 e. The molecule has 0 spiro atoms. The minimum atomic E-state index is -0.174. The Morgan fingerprint density at radius 3 is 2.62 bits per heavy atom. The third-order valence-corrected chi connectivity index (χ3v) is 8.44. The summed E-state index contributed by atoms with van der Waals surface area (Å²) in [5.41, 5.74) is 2.39. The SMILES string of the molecule is CCN(CC)Cc1cc(N=C2CCC(C)c3ccc(Br)cc3S2)nc(NC2CCC(O)CC2)n1. The molecule has 1 fully saturated rings. The van der Waals surface area contributed by atoms with Crippen LogP contribution in [0.25, 0.3) is 0 Å². The van der Waals surface area contributed by atoms with Crippen LogP contribution in [0.3, 0.4) is 0 Å². The van der Waals surface area contributed by atoms with Crippen molar-refractivity contribution < 1.29 is 5.11 Å². The molecule has 2 aliphatic rings. The van der Waals surface area contributed by atoms with E-state index in [1.54, 1.807) is 11.8 Å². The standard InChI is InChI=1S/C26H36BrN5OS/c1-4-32(5-2)16-20-15-24(31-26(29-20)28-19-8-10-21(33)11-9-19)30-25-13-6-17(3)22-12-7-18(27)14-23(22)34-25/h7,12,14-15,17,19,21,33H,4-6,8-11,13,16H2,1-3H3,(H,28,29,31). The quantitative estimate of drug-likeness (QED) is 0.412. The van der Waals surface area contributed by atoms with Crippen LogP contribution in [0, 0.1) is 0 Å². The van der Waals surface area contributed by atoms with E-state index in [4.69, 9.17) is 15.0 Å². The van der Waals surface area contributed by atoms with Crippen molar-refractivity contribution in [2.24, 2.45) is 4.99 Å². The largest absolute Gasteiger partial charge is 0.393 e. The van der Waals surface area contributed by atoms with Gasteiger partial charge in [0, 0.05) is 28.0 Å². The van der Waals surface area contributed by atoms with Gasteiger partial charge in [0.1, 0.15) is 0 Å². The van der Waals surface area contributed by atoms with E-state index < -0.39 is 0 Å². The molecule has 2 heterocycles. The van der Waals surface area contributed by atoms with E-state index in [9.17, 15) is 5.11 Å². The van der Waals surface area contributed by atoms with E-state index in [-0.39, 0.29) is 6.10 Å². The summed E-state index contributed by atoms with van der Waals surface area (Å²) < 4.78 is 1.10. The molecule has 1 aliphatic carbocycles. The topological polar surface area (TPSA) is 73.6 Å². The van der Waals surface area contributed by atoms with E-state index in [0.29, 0.717) is 17.9 Å². The summed E-state index contributed by atoms with van der Waals surface area (Å²) in [6.45, 7) is 9.40. The molecule has 1 aromatic carbocycles. The molecule has 184 valence electrons. The van der Waals surface area contributed by atoms with Crippen LogP contribution in [0.2, 0.25) is 0 Å². The number of hydrogen-bond acceptors (Lipinski definition) is 7. The van der Waals surface area contributed by atoms with Gasteiger partial charge in [-0.2, -0.15) is 4.98 Å². The molecule has 2 aromatic rings. The first-order valence-corrected chi connectivity index (χ1v) is 14.1. The van der Waals surface area contributed by atoms with Crippen LogP contribution in [-0.2, 0) is 6.54 Å². The molecule has 2 N–H and O–H groups in total. The number of rotatable bonds is 7. The van der Waals surface area contributed by atoms with Gasteiger partial charge >= 0.3 is 0 Å². The van der Waals surface area contributed by atoms with Gasteiger partial charge in [0.05, 0.1) is 16.8 Å². The van der Waals surface area contributed by atoms with Gasteiger partial charge in [0.25, 0.3) is 0 Å². The Kier molecular flexibility index (Phi) is 9.02. The van der Waals surface area contributed by atoms with Gasteiger partial charge in [-0.3, -0.25) is 4.90 Å². The number of aliphatic imine (C=N–C) groups is 1. The van der Waals surface area contributed by atoms with Crippen molar-refractivity contribution in [3.63, 3.8) is 0 Å². The molecule has 8 heteroatoms. The summed E-state index contributed by atoms with van der Waals surface area (Å²) in [7, 11) is 0. The Balaban J connectivity index is 1.62. The monoisotopic (exact) mass is 545 g/mol. The lowest BCUT2D eigenvalue weighted by molar-refractivity contribution is 0.126. The number of aromatic nitrogens is 2. The van der Waals surface area contributed by atoms with Crippen LogP contribution in [0.5, 0.6) is 0 Å². The van der Waals surface area contributed by atoms with Gasteiger partial charge in [0.2, 0.25) is 5.95 Å². The zero-order chi connectivity index (χ0) is 24.1. The molecule has 4 rings (SSSR count). The van der Waals surface area contributed by atoms with Crippen LogP contribution in [0.4, 0.5) is 11.8 Å². The lowest BCUT2D eigenvalue weighted by atomic mass is 9.93. The summed E-state index contributed by atoms with van der Waals surface area (Å²) >= 11 is 5.39. The fraction of sp³-hybridized carbons (Fsp3) is 0.577. The fourth-order valence-electron chi connectivity index (χ4n) is 4.65. The van der Waals surface area contributed by atoms with E-state index >= 15 is 0 Å². The molecule has 1 unspecified atom stereocenters. The van der Waals surface area contributed by atoms with Gasteiger partial charge in [0.15, 0.2) is 5.82 Å². The first-order chi connectivity index (χ1) is 16.4. The number of anilines is 1. The maximum Gasteiger partial charge on any atom is 0.225 e. The highest BCUT2D eigenvalue weighted by Crippen LogP contribution is 2.39. The van der Waals surface area contributed by atoms with Crippen molar-refractivity contribution >= 4 is 44.5 Å². The number of nitrogens with zero attached hydrogens (tertiary/aromatic N) is 4. The number of aliphatic hydroxyl groups excluding tert-OH is 1. The highest BCUT2D eigenvalue weighted by Gasteiger charge is 2.22. The van der Waals surface area contributed by atoms with Gasteiger partial charge in [-0.15, -0.1) is 0 Å². The molecule has 1 atom stereocenters. The van der Waals surface area contributed by atoms with Crippen LogP contribution in [0.1, 0.15) is 76.5 Å². The number of fused-ring (bicyclic) bond motifs is 1. The van der Waals surface area contributed by atoms with Gasteiger partial charge in [-0.1, -0.05) is 54.5 Å². The number of hydrogen-bond donors (Lipinski definition) is 2. The Morgan fingerprint density at radius 1 is 1.12 bits per heavy atom. The lowest BCUT2D eigenvalue weighted by Gasteiger charge is -2.26. The second-order valence-corrected chi connectivity index (χ2v) is 11.4. The molecule has 6 nitrogen and oxygen atoms in total. The molecule has 0 radical (unpaired) electrons. The average molecular weight is 547 g/mol. The second kappa shape index (κ2) is 12.0. The predicted molar refractivity (Wildman–Crippen MR) is 145 cm³/mol. The van der Waals surface area contributed by atoms with Crippen LogP contribution < -0.4 is 5.32 Å². The van der Waals surface area contributed by atoms with Crippen LogP contribution in [0.15, 0.2) is 38.6 Å². The molecule has 1 aromatic heterocycles. The third-order valence-electron chi connectivity index (χ3n) is 6.84. The van der Waals surface area contributed by atoms with Crippen molar-refractivity contribution in [2.75, 3.05) is 18.4 Å². The summed E-state index contributed by atoms with van der Waals surface area (Å²) in [5.74, 6) is 1.88. The second-order valence-electron chi connectivity index (χ2n) is 9.38. The van der Waals surface area contributed by atoms with E-state index in [2.05, 4.69) is 65.1 Å². The number of aliphatic hydroxyl groups is 1. The third kappa shape index (κ3) is 6.80. The van der Waals surface area contributed by atoms with E-state index in [1.807, 2.05) is 6.07 Å².